The molecule has 1 aliphatic heterocycles. The molecular formula is C12H15ClN2O3. The minimum Gasteiger partial charge on any atom is -0.376 e. The molecule has 0 radical (unpaired) electrons. The maximum Gasteiger partial charge on any atom is 0.269 e. The number of hydrogen-bond acceptors (Lipinski definition) is 4. The predicted octanol–water partition coefficient (Wildman–Crippen LogP) is 1.51. The molecule has 1 heterocycles. The molecule has 0 bridgehead atoms. The smallest absolute Gasteiger partial charge is 0.269 e. The van der Waals surface area contributed by atoms with Crippen molar-refractivity contribution < 1.29 is 14.3 Å². The van der Waals surface area contributed by atoms with Crippen molar-refractivity contribution in [2.75, 3.05) is 25.2 Å². The summed E-state index contributed by atoms with van der Waals surface area (Å²) in [6.07, 6.45) is -0.563. The number of ether oxygens (including phenoxy) is 2. The van der Waals surface area contributed by atoms with Crippen LogP contribution in [0.3, 0.4) is 0 Å². The number of amides is 1. The van der Waals surface area contributed by atoms with E-state index in [9.17, 15) is 4.79 Å². The van der Waals surface area contributed by atoms with Crippen molar-refractivity contribution in [2.45, 2.75) is 13.0 Å². The number of hydrazine groups is 1. The van der Waals surface area contributed by atoms with Gasteiger partial charge in [-0.15, -0.1) is 0 Å². The third-order valence-corrected chi connectivity index (χ3v) is 3.02. The highest BCUT2D eigenvalue weighted by atomic mass is 35.5. The van der Waals surface area contributed by atoms with Crippen LogP contribution in [0.25, 0.3) is 0 Å². The van der Waals surface area contributed by atoms with Crippen molar-refractivity contribution in [3.63, 3.8) is 0 Å². The number of halogens is 1. The third-order valence-electron chi connectivity index (χ3n) is 2.61. The molecule has 1 unspecified atom stereocenters. The zero-order chi connectivity index (χ0) is 13.0. The van der Waals surface area contributed by atoms with Gasteiger partial charge < -0.3 is 9.47 Å². The molecule has 2 N–H and O–H groups in total. The van der Waals surface area contributed by atoms with Gasteiger partial charge in [-0.25, -0.2) is 0 Å². The van der Waals surface area contributed by atoms with E-state index < -0.39 is 6.10 Å². The van der Waals surface area contributed by atoms with Gasteiger partial charge in [0.1, 0.15) is 0 Å². The van der Waals surface area contributed by atoms with E-state index in [2.05, 4.69) is 10.9 Å². The Kier molecular flexibility index (Phi) is 4.41. The number of rotatable bonds is 3. The molecule has 1 fully saturated rings. The van der Waals surface area contributed by atoms with E-state index >= 15 is 0 Å². The van der Waals surface area contributed by atoms with Crippen LogP contribution < -0.4 is 10.9 Å². The Morgan fingerprint density at radius 1 is 1.44 bits per heavy atom. The van der Waals surface area contributed by atoms with Crippen LogP contribution in [-0.4, -0.2) is 31.8 Å². The molecule has 1 saturated heterocycles. The maximum absolute atomic E-state index is 11.7. The maximum atomic E-state index is 11.7. The second kappa shape index (κ2) is 6.04. The van der Waals surface area contributed by atoms with Crippen molar-refractivity contribution in [2.24, 2.45) is 0 Å². The lowest BCUT2D eigenvalue weighted by Gasteiger charge is -2.22. The topological polar surface area (TPSA) is 59.6 Å². The summed E-state index contributed by atoms with van der Waals surface area (Å²) in [4.78, 5) is 11.7. The molecule has 0 aliphatic carbocycles. The zero-order valence-electron chi connectivity index (χ0n) is 10.0. The lowest BCUT2D eigenvalue weighted by Crippen LogP contribution is -2.44. The Morgan fingerprint density at radius 2 is 2.28 bits per heavy atom. The molecule has 2 rings (SSSR count). The van der Waals surface area contributed by atoms with E-state index in [1.807, 2.05) is 19.1 Å². The molecule has 6 heteroatoms. The van der Waals surface area contributed by atoms with Crippen LogP contribution in [0.2, 0.25) is 5.02 Å². The molecule has 18 heavy (non-hydrogen) atoms. The lowest BCUT2D eigenvalue weighted by molar-refractivity contribution is -0.146. The van der Waals surface area contributed by atoms with Gasteiger partial charge >= 0.3 is 0 Å². The fourth-order valence-corrected chi connectivity index (χ4v) is 1.70. The number of carbonyl (C=O) groups is 1. The van der Waals surface area contributed by atoms with Crippen molar-refractivity contribution >= 4 is 23.2 Å². The quantitative estimate of drug-likeness (QED) is 0.818. The average Bonchev–Trinajstić information content (AvgIpc) is 2.41. The lowest BCUT2D eigenvalue weighted by atomic mass is 10.2. The Hall–Kier alpha value is -1.30. The van der Waals surface area contributed by atoms with Gasteiger partial charge in [-0.3, -0.25) is 15.6 Å². The average molecular weight is 271 g/mol. The van der Waals surface area contributed by atoms with Crippen molar-refractivity contribution in [3.8, 4) is 0 Å². The number of hydrogen-bond donors (Lipinski definition) is 2. The first-order valence-electron chi connectivity index (χ1n) is 5.68. The van der Waals surface area contributed by atoms with Crippen molar-refractivity contribution in [1.82, 2.24) is 5.43 Å². The molecule has 1 aromatic carbocycles. The molecule has 0 spiro atoms. The van der Waals surface area contributed by atoms with Gasteiger partial charge in [0.15, 0.2) is 6.10 Å². The predicted molar refractivity (Wildman–Crippen MR) is 68.5 cm³/mol. The second-order valence-electron chi connectivity index (χ2n) is 4.01. The van der Waals surface area contributed by atoms with E-state index in [-0.39, 0.29) is 12.5 Å². The van der Waals surface area contributed by atoms with Crippen LogP contribution >= 0.6 is 11.6 Å². The molecular weight excluding hydrogens is 256 g/mol. The van der Waals surface area contributed by atoms with Gasteiger partial charge in [-0.2, -0.15) is 0 Å². The summed E-state index contributed by atoms with van der Waals surface area (Å²) in [7, 11) is 0. The minimum absolute atomic E-state index is 0.258. The van der Waals surface area contributed by atoms with Gasteiger partial charge in [0.05, 0.1) is 25.5 Å². The summed E-state index contributed by atoms with van der Waals surface area (Å²) in [5.74, 6) is -0.258. The largest absolute Gasteiger partial charge is 0.376 e. The van der Waals surface area contributed by atoms with Crippen LogP contribution in [0.4, 0.5) is 5.69 Å². The van der Waals surface area contributed by atoms with Crippen LogP contribution in [-0.2, 0) is 14.3 Å². The second-order valence-corrected chi connectivity index (χ2v) is 4.42. The Bertz CT molecular complexity index is 433. The minimum atomic E-state index is -0.563. The Labute approximate surface area is 110 Å². The highest BCUT2D eigenvalue weighted by Gasteiger charge is 2.22. The summed E-state index contributed by atoms with van der Waals surface area (Å²) in [6.45, 7) is 3.17. The number of nitrogens with one attached hydrogen (secondary N) is 2. The van der Waals surface area contributed by atoms with E-state index in [1.165, 1.54) is 0 Å². The monoisotopic (exact) mass is 270 g/mol. The van der Waals surface area contributed by atoms with Crippen LogP contribution in [0.5, 0.6) is 0 Å². The van der Waals surface area contributed by atoms with Crippen LogP contribution in [0, 0.1) is 6.92 Å². The molecule has 0 aromatic heterocycles. The summed E-state index contributed by atoms with van der Waals surface area (Å²) in [5, 5.41) is 0.645. The van der Waals surface area contributed by atoms with Gasteiger partial charge in [0, 0.05) is 5.02 Å². The van der Waals surface area contributed by atoms with E-state index in [4.69, 9.17) is 21.1 Å². The van der Waals surface area contributed by atoms with E-state index in [0.29, 0.717) is 18.2 Å². The number of benzene rings is 1. The third kappa shape index (κ3) is 3.35. The van der Waals surface area contributed by atoms with Crippen LogP contribution in [0.1, 0.15) is 5.56 Å². The number of anilines is 1. The molecule has 98 valence electrons. The summed E-state index contributed by atoms with van der Waals surface area (Å²) < 4.78 is 10.4. The fraction of sp³-hybridized carbons (Fsp3) is 0.417. The van der Waals surface area contributed by atoms with Gasteiger partial charge in [-0.1, -0.05) is 17.7 Å². The van der Waals surface area contributed by atoms with Gasteiger partial charge in [0.2, 0.25) is 0 Å². The number of aryl methyl sites for hydroxylation is 1. The Morgan fingerprint density at radius 3 is 2.94 bits per heavy atom. The van der Waals surface area contributed by atoms with Crippen molar-refractivity contribution in [1.29, 1.82) is 0 Å². The van der Waals surface area contributed by atoms with Gasteiger partial charge in [-0.05, 0) is 24.6 Å². The molecule has 1 aromatic rings. The first-order chi connectivity index (χ1) is 8.66. The van der Waals surface area contributed by atoms with Crippen molar-refractivity contribution in [3.05, 3.63) is 28.8 Å². The molecule has 1 atom stereocenters. The molecule has 1 aliphatic rings. The zero-order valence-corrected chi connectivity index (χ0v) is 10.8. The summed E-state index contributed by atoms with van der Waals surface area (Å²) in [6, 6.07) is 5.45. The highest BCUT2D eigenvalue weighted by molar-refractivity contribution is 6.31. The summed E-state index contributed by atoms with van der Waals surface area (Å²) >= 11 is 5.98. The van der Waals surface area contributed by atoms with Crippen LogP contribution in [0.15, 0.2) is 18.2 Å². The number of carbonyl (C=O) groups excluding carboxylic acids is 1. The highest BCUT2D eigenvalue weighted by Crippen LogP contribution is 2.19. The fourth-order valence-electron chi connectivity index (χ4n) is 1.52. The first-order valence-corrected chi connectivity index (χ1v) is 6.06. The molecule has 0 saturated carbocycles. The standard InChI is InChI=1S/C12H15ClN2O3/c1-8-2-3-9(6-10(8)13)14-15-12(16)11-7-17-4-5-18-11/h2-3,6,11,14H,4-5,7H2,1H3,(H,15,16). The van der Waals surface area contributed by atoms with Gasteiger partial charge in [0.25, 0.3) is 5.91 Å². The SMILES string of the molecule is Cc1ccc(NNC(=O)C2COCCO2)cc1Cl. The normalized spacial score (nSPS) is 19.3. The summed E-state index contributed by atoms with van der Waals surface area (Å²) in [5.41, 5.74) is 7.06. The van der Waals surface area contributed by atoms with E-state index in [1.54, 1.807) is 6.07 Å². The molecule has 1 amide bonds. The first kappa shape index (κ1) is 13.1. The Balaban J connectivity index is 1.86. The molecule has 5 nitrogen and oxygen atoms in total. The van der Waals surface area contributed by atoms with E-state index in [0.717, 1.165) is 11.3 Å².